The molecule has 22 heavy (non-hydrogen) atoms. The van der Waals surface area contributed by atoms with Gasteiger partial charge in [-0.25, -0.2) is 9.50 Å². The second-order valence-electron chi connectivity index (χ2n) is 5.15. The van der Waals surface area contributed by atoms with Crippen LogP contribution in [0, 0.1) is 13.8 Å². The van der Waals surface area contributed by atoms with Gasteiger partial charge in [0.25, 0.3) is 11.7 Å². The SMILES string of the molecule is Cc1cc(C)n2nc(C(=O)NCCCCCC(=O)O)nc2n1. The van der Waals surface area contributed by atoms with E-state index in [4.69, 9.17) is 5.11 Å². The summed E-state index contributed by atoms with van der Waals surface area (Å²) >= 11 is 0. The van der Waals surface area contributed by atoms with Crippen LogP contribution >= 0.6 is 0 Å². The lowest BCUT2D eigenvalue weighted by Crippen LogP contribution is -2.25. The maximum Gasteiger partial charge on any atom is 0.303 e. The first-order chi connectivity index (χ1) is 10.5. The second-order valence-corrected chi connectivity index (χ2v) is 5.15. The van der Waals surface area contributed by atoms with Crippen molar-refractivity contribution < 1.29 is 14.7 Å². The molecular weight excluding hydrogens is 286 g/mol. The van der Waals surface area contributed by atoms with Crippen molar-refractivity contribution in [2.24, 2.45) is 0 Å². The molecule has 0 aliphatic rings. The molecule has 0 aliphatic heterocycles. The molecule has 1 amide bonds. The molecular formula is C14H19N5O3. The number of carbonyl (C=O) groups excluding carboxylic acids is 1. The van der Waals surface area contributed by atoms with Gasteiger partial charge in [-0.05, 0) is 32.8 Å². The van der Waals surface area contributed by atoms with E-state index in [0.29, 0.717) is 18.7 Å². The molecule has 0 aromatic carbocycles. The highest BCUT2D eigenvalue weighted by Crippen LogP contribution is 2.05. The van der Waals surface area contributed by atoms with Gasteiger partial charge in [0, 0.05) is 24.4 Å². The predicted octanol–water partition coefficient (Wildman–Crippen LogP) is 1.12. The van der Waals surface area contributed by atoms with Crippen LogP contribution in [0.2, 0.25) is 0 Å². The first kappa shape index (κ1) is 15.9. The number of nitrogens with one attached hydrogen (secondary N) is 1. The fraction of sp³-hybridized carbons (Fsp3) is 0.500. The minimum atomic E-state index is -0.795. The number of carbonyl (C=O) groups is 2. The van der Waals surface area contributed by atoms with Crippen molar-refractivity contribution in [3.8, 4) is 0 Å². The van der Waals surface area contributed by atoms with E-state index >= 15 is 0 Å². The molecule has 2 rings (SSSR count). The van der Waals surface area contributed by atoms with Crippen molar-refractivity contribution in [2.75, 3.05) is 6.54 Å². The highest BCUT2D eigenvalue weighted by molar-refractivity contribution is 5.90. The van der Waals surface area contributed by atoms with Crippen LogP contribution in [0.5, 0.6) is 0 Å². The van der Waals surface area contributed by atoms with Crippen LogP contribution in [0.25, 0.3) is 5.78 Å². The molecule has 0 saturated heterocycles. The van der Waals surface area contributed by atoms with Crippen LogP contribution in [0.1, 0.15) is 47.7 Å². The summed E-state index contributed by atoms with van der Waals surface area (Å²) in [5.74, 6) is -0.646. The number of carboxylic acids is 1. The molecule has 0 saturated carbocycles. The number of aliphatic carboxylic acids is 1. The number of unbranched alkanes of at least 4 members (excludes halogenated alkanes) is 2. The molecule has 0 spiro atoms. The lowest BCUT2D eigenvalue weighted by molar-refractivity contribution is -0.137. The molecule has 118 valence electrons. The summed E-state index contributed by atoms with van der Waals surface area (Å²) in [7, 11) is 0. The van der Waals surface area contributed by atoms with Crippen molar-refractivity contribution in [1.82, 2.24) is 24.9 Å². The largest absolute Gasteiger partial charge is 0.481 e. The van der Waals surface area contributed by atoms with E-state index in [2.05, 4.69) is 20.4 Å². The van der Waals surface area contributed by atoms with E-state index in [0.717, 1.165) is 24.2 Å². The Morgan fingerprint density at radius 3 is 2.73 bits per heavy atom. The second kappa shape index (κ2) is 6.97. The summed E-state index contributed by atoms with van der Waals surface area (Å²) < 4.78 is 1.54. The first-order valence-corrected chi connectivity index (χ1v) is 7.18. The first-order valence-electron chi connectivity index (χ1n) is 7.18. The zero-order valence-corrected chi connectivity index (χ0v) is 12.7. The smallest absolute Gasteiger partial charge is 0.303 e. The third-order valence-electron chi connectivity index (χ3n) is 3.17. The Bertz CT molecular complexity index is 695. The van der Waals surface area contributed by atoms with Crippen LogP contribution in [-0.2, 0) is 4.79 Å². The van der Waals surface area contributed by atoms with Gasteiger partial charge >= 0.3 is 5.97 Å². The zero-order valence-electron chi connectivity index (χ0n) is 12.7. The van der Waals surface area contributed by atoms with Crippen molar-refractivity contribution in [1.29, 1.82) is 0 Å². The number of carboxylic acid groups (broad SMARTS) is 1. The van der Waals surface area contributed by atoms with Gasteiger partial charge in [0.2, 0.25) is 5.82 Å². The maximum atomic E-state index is 12.0. The third kappa shape index (κ3) is 4.00. The summed E-state index contributed by atoms with van der Waals surface area (Å²) in [4.78, 5) is 30.7. The van der Waals surface area contributed by atoms with Crippen molar-refractivity contribution in [3.63, 3.8) is 0 Å². The molecule has 8 heteroatoms. The van der Waals surface area contributed by atoms with E-state index in [-0.39, 0.29) is 18.2 Å². The molecule has 8 nitrogen and oxygen atoms in total. The maximum absolute atomic E-state index is 12.0. The fourth-order valence-electron chi connectivity index (χ4n) is 2.12. The third-order valence-corrected chi connectivity index (χ3v) is 3.17. The number of nitrogens with zero attached hydrogens (tertiary/aromatic N) is 4. The zero-order chi connectivity index (χ0) is 16.1. The minimum absolute atomic E-state index is 0.0896. The van der Waals surface area contributed by atoms with Gasteiger partial charge in [-0.15, -0.1) is 5.10 Å². The van der Waals surface area contributed by atoms with Crippen molar-refractivity contribution in [3.05, 3.63) is 23.3 Å². The molecule has 0 fully saturated rings. The van der Waals surface area contributed by atoms with Gasteiger partial charge in [0.1, 0.15) is 0 Å². The van der Waals surface area contributed by atoms with Crippen LogP contribution in [0.15, 0.2) is 6.07 Å². The molecule has 2 aromatic heterocycles. The van der Waals surface area contributed by atoms with Crippen molar-refractivity contribution in [2.45, 2.75) is 39.5 Å². The molecule has 0 radical (unpaired) electrons. The number of hydrogen-bond donors (Lipinski definition) is 2. The van der Waals surface area contributed by atoms with Gasteiger partial charge in [-0.1, -0.05) is 6.42 Å². The van der Waals surface area contributed by atoms with Crippen LogP contribution in [0.4, 0.5) is 0 Å². The summed E-state index contributed by atoms with van der Waals surface area (Å²) in [6.45, 7) is 4.21. The monoisotopic (exact) mass is 305 g/mol. The summed E-state index contributed by atoms with van der Waals surface area (Å²) in [6.07, 6.45) is 2.25. The Kier molecular flexibility index (Phi) is 5.03. The van der Waals surface area contributed by atoms with Gasteiger partial charge in [0.15, 0.2) is 0 Å². The standard InChI is InChI=1S/C14H19N5O3/c1-9-8-10(2)19-14(16-9)17-12(18-19)13(22)15-7-5-3-4-6-11(20)21/h8H,3-7H2,1-2H3,(H,15,22)(H,20,21). The number of amides is 1. The van der Waals surface area contributed by atoms with Crippen LogP contribution in [-0.4, -0.2) is 43.1 Å². The van der Waals surface area contributed by atoms with E-state index in [9.17, 15) is 9.59 Å². The fourth-order valence-corrected chi connectivity index (χ4v) is 2.12. The quantitative estimate of drug-likeness (QED) is 0.742. The topological polar surface area (TPSA) is 109 Å². The van der Waals surface area contributed by atoms with Gasteiger partial charge in [0.05, 0.1) is 0 Å². The lowest BCUT2D eigenvalue weighted by Gasteiger charge is -2.01. The molecule has 0 bridgehead atoms. The number of aromatic nitrogens is 4. The van der Waals surface area contributed by atoms with E-state index in [1.165, 1.54) is 4.52 Å². The van der Waals surface area contributed by atoms with Gasteiger partial charge < -0.3 is 10.4 Å². The van der Waals surface area contributed by atoms with Crippen LogP contribution in [0.3, 0.4) is 0 Å². The number of rotatable bonds is 7. The van der Waals surface area contributed by atoms with E-state index in [1.54, 1.807) is 0 Å². The molecule has 2 aromatic rings. The Hall–Kier alpha value is -2.51. The Morgan fingerprint density at radius 2 is 2.00 bits per heavy atom. The average Bonchev–Trinajstić information content (AvgIpc) is 2.86. The van der Waals surface area contributed by atoms with Crippen molar-refractivity contribution >= 4 is 17.7 Å². The lowest BCUT2D eigenvalue weighted by atomic mass is 10.2. The normalized spacial score (nSPS) is 10.8. The average molecular weight is 305 g/mol. The number of hydrogen-bond acceptors (Lipinski definition) is 5. The van der Waals surface area contributed by atoms with Crippen LogP contribution < -0.4 is 5.32 Å². The van der Waals surface area contributed by atoms with Gasteiger partial charge in [-0.3, -0.25) is 9.59 Å². The summed E-state index contributed by atoms with van der Waals surface area (Å²) in [5.41, 5.74) is 1.69. The molecule has 0 aliphatic carbocycles. The number of fused-ring (bicyclic) bond motifs is 1. The Labute approximate surface area is 127 Å². The van der Waals surface area contributed by atoms with E-state index in [1.807, 2.05) is 19.9 Å². The molecule has 2 heterocycles. The van der Waals surface area contributed by atoms with E-state index < -0.39 is 5.97 Å². The number of aryl methyl sites for hydroxylation is 2. The highest BCUT2D eigenvalue weighted by Gasteiger charge is 2.14. The molecule has 0 atom stereocenters. The molecule has 2 N–H and O–H groups in total. The highest BCUT2D eigenvalue weighted by atomic mass is 16.4. The Balaban J connectivity index is 1.88. The molecule has 0 unspecified atom stereocenters. The van der Waals surface area contributed by atoms with Gasteiger partial charge in [-0.2, -0.15) is 4.98 Å². The predicted molar refractivity (Wildman–Crippen MR) is 78.7 cm³/mol. The Morgan fingerprint density at radius 1 is 1.23 bits per heavy atom. The summed E-state index contributed by atoms with van der Waals surface area (Å²) in [6, 6.07) is 1.87. The summed E-state index contributed by atoms with van der Waals surface area (Å²) in [5, 5.41) is 15.4. The minimum Gasteiger partial charge on any atom is -0.481 e.